The van der Waals surface area contributed by atoms with Crippen LogP contribution in [0.3, 0.4) is 0 Å². The van der Waals surface area contributed by atoms with Crippen molar-refractivity contribution < 1.29 is 9.90 Å². The molecule has 0 aromatic carbocycles. The molecule has 2 rings (SSSR count). The summed E-state index contributed by atoms with van der Waals surface area (Å²) in [6.07, 6.45) is 2.77. The lowest BCUT2D eigenvalue weighted by atomic mass is 10.2. The highest BCUT2D eigenvalue weighted by atomic mass is 16.4. The number of carboxylic acids is 1. The Morgan fingerprint density at radius 1 is 1.53 bits per heavy atom. The highest BCUT2D eigenvalue weighted by Crippen LogP contribution is 2.16. The highest BCUT2D eigenvalue weighted by Gasteiger charge is 2.21. The van der Waals surface area contributed by atoms with E-state index >= 15 is 0 Å². The molecule has 0 saturated heterocycles. The fourth-order valence-corrected chi connectivity index (χ4v) is 1.48. The first-order chi connectivity index (χ1) is 7.11. The first kappa shape index (κ1) is 9.38. The smallest absolute Gasteiger partial charge is 0.341 e. The van der Waals surface area contributed by atoms with Gasteiger partial charge in [-0.2, -0.15) is 10.2 Å². The predicted octanol–water partition coefficient (Wildman–Crippen LogP) is 0.00742. The minimum Gasteiger partial charge on any atom is -0.477 e. The Kier molecular flexibility index (Phi) is 2.00. The number of aryl methyl sites for hydroxylation is 2. The molecule has 0 fully saturated rings. The van der Waals surface area contributed by atoms with E-state index in [0.717, 1.165) is 0 Å². The Morgan fingerprint density at radius 2 is 2.27 bits per heavy atom. The van der Waals surface area contributed by atoms with Crippen molar-refractivity contribution in [2.75, 3.05) is 0 Å². The number of rotatable bonds is 2. The zero-order valence-electron chi connectivity index (χ0n) is 8.25. The number of carbonyl (C=O) groups is 1. The maximum absolute atomic E-state index is 11.0. The summed E-state index contributed by atoms with van der Waals surface area (Å²) in [6.45, 7) is 1.64. The standard InChI is InChI=1S/C8H9N5O2/c1-5-6(8(14)15)7(12(2)11-5)13-4-9-3-10-13/h3-4H,1-2H3,(H,14,15). The molecule has 0 atom stereocenters. The van der Waals surface area contributed by atoms with Crippen LogP contribution in [0, 0.1) is 6.92 Å². The van der Waals surface area contributed by atoms with Crippen molar-refractivity contribution in [3.05, 3.63) is 23.9 Å². The molecule has 0 amide bonds. The molecule has 0 saturated carbocycles. The molecule has 2 aromatic heterocycles. The van der Waals surface area contributed by atoms with E-state index in [-0.39, 0.29) is 5.56 Å². The van der Waals surface area contributed by atoms with Gasteiger partial charge in [0, 0.05) is 7.05 Å². The van der Waals surface area contributed by atoms with Crippen LogP contribution in [0.5, 0.6) is 0 Å². The first-order valence-corrected chi connectivity index (χ1v) is 4.23. The van der Waals surface area contributed by atoms with Crippen molar-refractivity contribution in [2.45, 2.75) is 6.92 Å². The van der Waals surface area contributed by atoms with Crippen LogP contribution in [0.25, 0.3) is 5.82 Å². The summed E-state index contributed by atoms with van der Waals surface area (Å²) < 4.78 is 2.84. The van der Waals surface area contributed by atoms with E-state index in [1.165, 1.54) is 22.0 Å². The molecule has 0 aliphatic heterocycles. The predicted molar refractivity (Wildman–Crippen MR) is 49.8 cm³/mol. The van der Waals surface area contributed by atoms with Gasteiger partial charge in [-0.1, -0.05) is 0 Å². The molecule has 0 bridgehead atoms. The lowest BCUT2D eigenvalue weighted by Gasteiger charge is -2.01. The van der Waals surface area contributed by atoms with E-state index in [2.05, 4.69) is 15.2 Å². The van der Waals surface area contributed by atoms with E-state index in [1.54, 1.807) is 14.0 Å². The number of aromatic carboxylic acids is 1. The molecule has 2 heterocycles. The Hall–Kier alpha value is -2.18. The van der Waals surface area contributed by atoms with Gasteiger partial charge in [0.1, 0.15) is 18.2 Å². The highest BCUT2D eigenvalue weighted by molar-refractivity contribution is 5.92. The molecule has 0 radical (unpaired) electrons. The summed E-state index contributed by atoms with van der Waals surface area (Å²) in [7, 11) is 1.66. The fraction of sp³-hybridized carbons (Fsp3) is 0.250. The third kappa shape index (κ3) is 1.37. The van der Waals surface area contributed by atoms with Crippen molar-refractivity contribution in [1.29, 1.82) is 0 Å². The van der Waals surface area contributed by atoms with Gasteiger partial charge in [-0.05, 0) is 6.92 Å². The van der Waals surface area contributed by atoms with Crippen LogP contribution in [0.15, 0.2) is 12.7 Å². The Labute approximate surface area is 85.0 Å². The quantitative estimate of drug-likeness (QED) is 0.749. The van der Waals surface area contributed by atoms with Crippen LogP contribution in [-0.4, -0.2) is 35.6 Å². The molecular formula is C8H9N5O2. The summed E-state index contributed by atoms with van der Waals surface area (Å²) in [5.74, 6) is -0.622. The lowest BCUT2D eigenvalue weighted by molar-refractivity contribution is 0.0696. The van der Waals surface area contributed by atoms with Gasteiger partial charge in [0.2, 0.25) is 0 Å². The molecule has 7 nitrogen and oxygen atoms in total. The molecular weight excluding hydrogens is 198 g/mol. The van der Waals surface area contributed by atoms with Crippen molar-refractivity contribution in [2.24, 2.45) is 7.05 Å². The molecule has 0 unspecified atom stereocenters. The average molecular weight is 207 g/mol. The zero-order chi connectivity index (χ0) is 11.0. The SMILES string of the molecule is Cc1nn(C)c(-n2cncn2)c1C(=O)O. The van der Waals surface area contributed by atoms with Gasteiger partial charge in [0.05, 0.1) is 5.69 Å². The van der Waals surface area contributed by atoms with Crippen molar-refractivity contribution >= 4 is 5.97 Å². The van der Waals surface area contributed by atoms with Gasteiger partial charge >= 0.3 is 5.97 Å². The number of aromatic nitrogens is 5. The van der Waals surface area contributed by atoms with Crippen LogP contribution in [0.2, 0.25) is 0 Å². The molecule has 0 aliphatic carbocycles. The molecule has 2 aromatic rings. The second-order valence-electron chi connectivity index (χ2n) is 3.05. The molecule has 78 valence electrons. The van der Waals surface area contributed by atoms with Crippen molar-refractivity contribution in [3.63, 3.8) is 0 Å². The largest absolute Gasteiger partial charge is 0.477 e. The fourth-order valence-electron chi connectivity index (χ4n) is 1.48. The normalized spacial score (nSPS) is 10.5. The number of hydrogen-bond donors (Lipinski definition) is 1. The number of hydrogen-bond acceptors (Lipinski definition) is 4. The second-order valence-corrected chi connectivity index (χ2v) is 3.05. The van der Waals surface area contributed by atoms with Crippen LogP contribution in [0.1, 0.15) is 16.1 Å². The van der Waals surface area contributed by atoms with Crippen LogP contribution in [0.4, 0.5) is 0 Å². The van der Waals surface area contributed by atoms with Gasteiger partial charge in [0.15, 0.2) is 5.82 Å². The maximum Gasteiger partial charge on any atom is 0.341 e. The van der Waals surface area contributed by atoms with Crippen LogP contribution < -0.4 is 0 Å². The Morgan fingerprint density at radius 3 is 2.80 bits per heavy atom. The van der Waals surface area contributed by atoms with E-state index < -0.39 is 5.97 Å². The second kappa shape index (κ2) is 3.19. The molecule has 1 N–H and O–H groups in total. The summed E-state index contributed by atoms with van der Waals surface area (Å²) in [4.78, 5) is 14.8. The molecule has 15 heavy (non-hydrogen) atoms. The third-order valence-corrected chi connectivity index (χ3v) is 2.04. The van der Waals surface area contributed by atoms with Crippen molar-refractivity contribution in [3.8, 4) is 5.82 Å². The first-order valence-electron chi connectivity index (χ1n) is 4.23. The van der Waals surface area contributed by atoms with Gasteiger partial charge < -0.3 is 5.11 Å². The van der Waals surface area contributed by atoms with Crippen LogP contribution in [-0.2, 0) is 7.05 Å². The van der Waals surface area contributed by atoms with Gasteiger partial charge in [-0.25, -0.2) is 19.1 Å². The van der Waals surface area contributed by atoms with E-state index in [1.807, 2.05) is 0 Å². The van der Waals surface area contributed by atoms with Crippen LogP contribution >= 0.6 is 0 Å². The van der Waals surface area contributed by atoms with Gasteiger partial charge in [0.25, 0.3) is 0 Å². The number of nitrogens with zero attached hydrogens (tertiary/aromatic N) is 5. The Balaban J connectivity index is 2.70. The summed E-state index contributed by atoms with van der Waals surface area (Å²) in [6, 6.07) is 0. The van der Waals surface area contributed by atoms with E-state index in [4.69, 9.17) is 5.11 Å². The maximum atomic E-state index is 11.0. The molecule has 0 spiro atoms. The monoisotopic (exact) mass is 207 g/mol. The number of carboxylic acid groups (broad SMARTS) is 1. The topological polar surface area (TPSA) is 85.8 Å². The molecule has 0 aliphatic rings. The lowest BCUT2D eigenvalue weighted by Crippen LogP contribution is -2.08. The van der Waals surface area contributed by atoms with Gasteiger partial charge in [-0.3, -0.25) is 0 Å². The average Bonchev–Trinajstić information content (AvgIpc) is 2.71. The van der Waals surface area contributed by atoms with E-state index in [0.29, 0.717) is 11.5 Å². The molecule has 7 heteroatoms. The van der Waals surface area contributed by atoms with Gasteiger partial charge in [-0.15, -0.1) is 0 Å². The third-order valence-electron chi connectivity index (χ3n) is 2.04. The summed E-state index contributed by atoms with van der Waals surface area (Å²) in [5, 5.41) is 17.0. The van der Waals surface area contributed by atoms with E-state index in [9.17, 15) is 4.79 Å². The minimum absolute atomic E-state index is 0.142. The summed E-state index contributed by atoms with van der Waals surface area (Å²) >= 11 is 0. The van der Waals surface area contributed by atoms with Crippen molar-refractivity contribution in [1.82, 2.24) is 24.5 Å². The zero-order valence-corrected chi connectivity index (χ0v) is 8.25. The Bertz CT molecular complexity index is 499. The minimum atomic E-state index is -1.02. The summed E-state index contributed by atoms with van der Waals surface area (Å²) in [5.41, 5.74) is 0.596.